The third kappa shape index (κ3) is 4.29. The van der Waals surface area contributed by atoms with Crippen molar-refractivity contribution in [1.29, 1.82) is 0 Å². The summed E-state index contributed by atoms with van der Waals surface area (Å²) in [7, 11) is 0. The molecule has 0 aliphatic carbocycles. The second kappa shape index (κ2) is 7.28. The van der Waals surface area contributed by atoms with E-state index in [1.807, 2.05) is 32.6 Å². The number of piperidine rings is 1. The molecular weight excluding hydrogens is 316 g/mol. The molecule has 0 atom stereocenters. The molecule has 0 radical (unpaired) electrons. The van der Waals surface area contributed by atoms with Crippen LogP contribution in [0.2, 0.25) is 0 Å². The summed E-state index contributed by atoms with van der Waals surface area (Å²) in [6.45, 7) is 12.8. The fourth-order valence-corrected chi connectivity index (χ4v) is 3.59. The van der Waals surface area contributed by atoms with Gasteiger partial charge < -0.3 is 14.5 Å². The van der Waals surface area contributed by atoms with Crippen LogP contribution in [-0.4, -0.2) is 60.2 Å². The van der Waals surface area contributed by atoms with Gasteiger partial charge in [0.2, 0.25) is 5.91 Å². The van der Waals surface area contributed by atoms with Crippen molar-refractivity contribution >= 4 is 11.7 Å². The van der Waals surface area contributed by atoms with Crippen molar-refractivity contribution in [3.05, 3.63) is 17.6 Å². The second-order valence-electron chi connectivity index (χ2n) is 8.11. The molecule has 2 saturated heterocycles. The van der Waals surface area contributed by atoms with Gasteiger partial charge in [0.1, 0.15) is 11.6 Å². The highest BCUT2D eigenvalue weighted by atomic mass is 16.5. The summed E-state index contributed by atoms with van der Waals surface area (Å²) < 4.78 is 5.44. The van der Waals surface area contributed by atoms with E-state index < -0.39 is 0 Å². The fraction of sp³-hybridized carbons (Fsp3) is 0.737. The van der Waals surface area contributed by atoms with E-state index in [0.717, 1.165) is 69.6 Å². The molecule has 0 spiro atoms. The summed E-state index contributed by atoms with van der Waals surface area (Å²) in [5.74, 6) is 2.50. The molecule has 0 N–H and O–H groups in total. The number of carbonyl (C=O) groups is 1. The Bertz CT molecular complexity index is 612. The second-order valence-corrected chi connectivity index (χ2v) is 8.11. The van der Waals surface area contributed by atoms with Gasteiger partial charge in [0, 0.05) is 49.3 Å². The highest BCUT2D eigenvalue weighted by Gasteiger charge is 2.31. The first-order chi connectivity index (χ1) is 11.8. The van der Waals surface area contributed by atoms with Crippen LogP contribution in [0.25, 0.3) is 0 Å². The lowest BCUT2D eigenvalue weighted by atomic mass is 9.89. The Kier molecular flexibility index (Phi) is 5.27. The molecule has 2 aliphatic rings. The summed E-state index contributed by atoms with van der Waals surface area (Å²) in [5.41, 5.74) is 0.818. The smallest absolute Gasteiger partial charge is 0.227 e. The molecule has 2 fully saturated rings. The van der Waals surface area contributed by atoms with Crippen LogP contribution in [0.4, 0.5) is 5.82 Å². The third-order valence-electron chi connectivity index (χ3n) is 5.02. The molecule has 3 heterocycles. The maximum Gasteiger partial charge on any atom is 0.227 e. The van der Waals surface area contributed by atoms with Gasteiger partial charge in [0.05, 0.1) is 13.2 Å². The lowest BCUT2D eigenvalue weighted by Crippen LogP contribution is -2.43. The molecule has 3 rings (SSSR count). The predicted molar refractivity (Wildman–Crippen MR) is 97.8 cm³/mol. The normalized spacial score (nSPS) is 20.0. The Labute approximate surface area is 150 Å². The lowest BCUT2D eigenvalue weighted by Gasteiger charge is -2.36. The van der Waals surface area contributed by atoms with E-state index in [9.17, 15) is 4.79 Å². The van der Waals surface area contributed by atoms with Crippen LogP contribution in [0.5, 0.6) is 0 Å². The summed E-state index contributed by atoms with van der Waals surface area (Å²) in [5, 5.41) is 0. The summed E-state index contributed by atoms with van der Waals surface area (Å²) in [4.78, 5) is 26.1. The Balaban J connectivity index is 1.69. The van der Waals surface area contributed by atoms with Gasteiger partial charge >= 0.3 is 0 Å². The zero-order chi connectivity index (χ0) is 18.0. The van der Waals surface area contributed by atoms with Crippen LogP contribution >= 0.6 is 0 Å². The average molecular weight is 346 g/mol. The molecule has 1 aromatic heterocycles. The highest BCUT2D eigenvalue weighted by molar-refractivity contribution is 5.81. The molecule has 6 heteroatoms. The van der Waals surface area contributed by atoms with Crippen molar-refractivity contribution in [1.82, 2.24) is 14.9 Å². The first-order valence-electron chi connectivity index (χ1n) is 9.32. The van der Waals surface area contributed by atoms with Gasteiger partial charge in [-0.2, -0.15) is 0 Å². The molecule has 1 amide bonds. The van der Waals surface area contributed by atoms with Crippen LogP contribution < -0.4 is 4.90 Å². The number of hydrogen-bond donors (Lipinski definition) is 0. The zero-order valence-corrected chi connectivity index (χ0v) is 15.9. The number of ether oxygens (including phenoxy) is 1. The van der Waals surface area contributed by atoms with Crippen LogP contribution in [0.3, 0.4) is 0 Å². The minimum atomic E-state index is -0.304. The molecule has 2 aliphatic heterocycles. The van der Waals surface area contributed by atoms with Gasteiger partial charge in [0.15, 0.2) is 0 Å². The summed E-state index contributed by atoms with van der Waals surface area (Å²) in [6, 6.07) is 2.14. The SMILES string of the molecule is Cc1nc(C2CCN(C(=O)C(C)(C)C)CC2)cc(N2CCOCC2)n1. The van der Waals surface area contributed by atoms with Crippen molar-refractivity contribution < 1.29 is 9.53 Å². The molecule has 0 aromatic carbocycles. The number of rotatable bonds is 2. The van der Waals surface area contributed by atoms with Crippen LogP contribution in [0.1, 0.15) is 51.0 Å². The number of aryl methyl sites for hydroxylation is 1. The average Bonchev–Trinajstić information content (AvgIpc) is 2.61. The number of aromatic nitrogens is 2. The first-order valence-corrected chi connectivity index (χ1v) is 9.32. The standard InChI is InChI=1S/C19H30N4O2/c1-14-20-16(13-17(21-14)22-9-11-25-12-10-22)15-5-7-23(8-6-15)18(24)19(2,3)4/h13,15H,5-12H2,1-4H3. The summed E-state index contributed by atoms with van der Waals surface area (Å²) in [6.07, 6.45) is 1.95. The third-order valence-corrected chi connectivity index (χ3v) is 5.02. The number of morpholine rings is 1. The van der Waals surface area contributed by atoms with E-state index in [1.54, 1.807) is 0 Å². The van der Waals surface area contributed by atoms with Crippen LogP contribution in [0, 0.1) is 12.3 Å². The molecule has 6 nitrogen and oxygen atoms in total. The van der Waals surface area contributed by atoms with Crippen molar-refractivity contribution in [2.45, 2.75) is 46.5 Å². The molecule has 0 saturated carbocycles. The van der Waals surface area contributed by atoms with Crippen LogP contribution in [0.15, 0.2) is 6.07 Å². The molecule has 0 unspecified atom stereocenters. The van der Waals surface area contributed by atoms with Crippen molar-refractivity contribution in [3.8, 4) is 0 Å². The van der Waals surface area contributed by atoms with E-state index in [4.69, 9.17) is 9.72 Å². The molecular formula is C19H30N4O2. The van der Waals surface area contributed by atoms with E-state index in [0.29, 0.717) is 5.92 Å². The number of anilines is 1. The fourth-order valence-electron chi connectivity index (χ4n) is 3.59. The van der Waals surface area contributed by atoms with Gasteiger partial charge in [0.25, 0.3) is 0 Å². The van der Waals surface area contributed by atoms with E-state index in [-0.39, 0.29) is 11.3 Å². The largest absolute Gasteiger partial charge is 0.378 e. The lowest BCUT2D eigenvalue weighted by molar-refractivity contribution is -0.140. The highest BCUT2D eigenvalue weighted by Crippen LogP contribution is 2.30. The number of hydrogen-bond acceptors (Lipinski definition) is 5. The van der Waals surface area contributed by atoms with E-state index >= 15 is 0 Å². The van der Waals surface area contributed by atoms with E-state index in [1.165, 1.54) is 0 Å². The predicted octanol–water partition coefficient (Wildman–Crippen LogP) is 2.37. The Morgan fingerprint density at radius 1 is 1.12 bits per heavy atom. The quantitative estimate of drug-likeness (QED) is 0.823. The Morgan fingerprint density at radius 3 is 2.36 bits per heavy atom. The minimum absolute atomic E-state index is 0.249. The number of likely N-dealkylation sites (tertiary alicyclic amines) is 1. The maximum atomic E-state index is 12.5. The van der Waals surface area contributed by atoms with Gasteiger partial charge in [-0.15, -0.1) is 0 Å². The van der Waals surface area contributed by atoms with Gasteiger partial charge in [-0.1, -0.05) is 20.8 Å². The van der Waals surface area contributed by atoms with Crippen molar-refractivity contribution in [3.63, 3.8) is 0 Å². The minimum Gasteiger partial charge on any atom is -0.378 e. The maximum absolute atomic E-state index is 12.5. The topological polar surface area (TPSA) is 58.6 Å². The Morgan fingerprint density at radius 2 is 1.76 bits per heavy atom. The first kappa shape index (κ1) is 18.1. The van der Waals surface area contributed by atoms with Crippen molar-refractivity contribution in [2.24, 2.45) is 5.41 Å². The van der Waals surface area contributed by atoms with Gasteiger partial charge in [-0.25, -0.2) is 9.97 Å². The zero-order valence-electron chi connectivity index (χ0n) is 15.9. The Hall–Kier alpha value is -1.69. The molecule has 0 bridgehead atoms. The molecule has 138 valence electrons. The molecule has 1 aromatic rings. The number of nitrogens with zero attached hydrogens (tertiary/aromatic N) is 4. The number of amides is 1. The van der Waals surface area contributed by atoms with Crippen LogP contribution in [-0.2, 0) is 9.53 Å². The van der Waals surface area contributed by atoms with Gasteiger partial charge in [-0.3, -0.25) is 4.79 Å². The monoisotopic (exact) mass is 346 g/mol. The van der Waals surface area contributed by atoms with E-state index in [2.05, 4.69) is 16.0 Å². The summed E-state index contributed by atoms with van der Waals surface area (Å²) >= 11 is 0. The van der Waals surface area contributed by atoms with Gasteiger partial charge in [-0.05, 0) is 19.8 Å². The molecule has 25 heavy (non-hydrogen) atoms. The van der Waals surface area contributed by atoms with Crippen molar-refractivity contribution in [2.75, 3.05) is 44.3 Å². The number of carbonyl (C=O) groups excluding carboxylic acids is 1.